The summed E-state index contributed by atoms with van der Waals surface area (Å²) in [4.78, 5) is 119. The molecule has 26 heteroatoms. The van der Waals surface area contributed by atoms with Gasteiger partial charge in [0.1, 0.15) is 58.8 Å². The molecule has 5 N–H and O–H groups in total. The molecule has 12 aromatic carbocycles. The number of nitriles is 1. The molecular weight excluding hydrogens is 1810 g/mol. The summed E-state index contributed by atoms with van der Waals surface area (Å²) in [6, 6.07) is 83.5. The highest BCUT2D eigenvalue weighted by atomic mass is 35.5. The molecule has 12 aromatic rings. The number of fused-ring (bicyclic) bond motifs is 18. The fourth-order valence-electron chi connectivity index (χ4n) is 20.3. The van der Waals surface area contributed by atoms with Crippen LogP contribution in [0.2, 0.25) is 0 Å². The van der Waals surface area contributed by atoms with Crippen molar-refractivity contribution in [1.29, 1.82) is 5.26 Å². The predicted molar refractivity (Wildman–Crippen MR) is 558 cm³/mol. The summed E-state index contributed by atoms with van der Waals surface area (Å²) in [5.74, 6) is 0.500. The molecule has 6 amide bonds. The van der Waals surface area contributed by atoms with Crippen LogP contribution in [-0.4, -0.2) is 154 Å². The standard InChI is InChI=1S/C57H57N5O7.C42H47N5O5.C15H11ClO2.C2H3N/c1-7-60(8-2)37-24-27-48-51(32-37)69-52-33-38(61(9-3)10-4)25-28-49(52)57(48)47-23-16-15-22-44(47)55(65)62(57)31-17-30-58-54(64)45-34-39(26-29-50(45)59-53(63)36(5)6)68-56(66)67-35-46-42-20-13-11-18-40(42)41-19-12-14-21-43(41)46;1-7-45(8-2)28-16-19-34-37(24-28)52-38-25-29(46(9-3)10-4)17-20-35(38)42(34)33-15-12-11-14-31(33)41(51)47(42)23-13-22-43-40(50)32-26-30(48)18-21-36(32)44-39(49)27(5)6;16-15(17)18-9-14-12-7-3-1-5-10(12)11-6-2-4-8-13(11)14;1-2-3/h11-16,18-29,32-34,46H,5,7-10,17,30-31,35H2,1-4,6H3,(H,58,64)(H,59,63);11-12,14-21,24-26,48H,5,7-10,13,22-23H2,1-4,6H3,(H,43,50)(H,44,49);1-8,14H,9H2;1H3. The van der Waals surface area contributed by atoms with E-state index < -0.39 is 46.3 Å². The molecule has 142 heavy (non-hydrogen) atoms. The quantitative estimate of drug-likeness (QED) is 0.00673. The van der Waals surface area contributed by atoms with Crippen LogP contribution in [-0.2, 0) is 30.1 Å². The van der Waals surface area contributed by atoms with Crippen molar-refractivity contribution in [3.8, 4) is 62.8 Å². The van der Waals surface area contributed by atoms with Crippen LogP contribution in [0.1, 0.15) is 198 Å². The Hall–Kier alpha value is -15.9. The minimum Gasteiger partial charge on any atom is -0.508 e. The zero-order valence-corrected chi connectivity index (χ0v) is 82.7. The third-order valence-electron chi connectivity index (χ3n) is 27.1. The number of benzene rings is 12. The third kappa shape index (κ3) is 19.8. The van der Waals surface area contributed by atoms with Gasteiger partial charge in [-0.25, -0.2) is 9.59 Å². The van der Waals surface area contributed by atoms with E-state index in [1.165, 1.54) is 65.6 Å². The lowest BCUT2D eigenvalue weighted by Gasteiger charge is -2.45. The Kier molecular flexibility index (Phi) is 31.5. The molecule has 0 fully saturated rings. The number of hydrogen-bond acceptors (Lipinski definition) is 19. The fraction of sp³-hybridized carbons (Fsp3) is 0.267. The second-order valence-electron chi connectivity index (χ2n) is 35.1. The van der Waals surface area contributed by atoms with E-state index in [1.54, 1.807) is 19.9 Å². The van der Waals surface area contributed by atoms with Gasteiger partial charge in [-0.2, -0.15) is 5.26 Å². The average Bonchev–Trinajstić information content (AvgIpc) is 1.52. The van der Waals surface area contributed by atoms with Crippen LogP contribution in [0.15, 0.2) is 279 Å². The van der Waals surface area contributed by atoms with E-state index in [4.69, 9.17) is 40.5 Å². The van der Waals surface area contributed by atoms with Crippen LogP contribution in [0.3, 0.4) is 0 Å². The number of nitrogens with zero attached hydrogens (tertiary/aromatic N) is 7. The van der Waals surface area contributed by atoms with E-state index in [0.717, 1.165) is 131 Å². The number of amides is 6. The lowest BCUT2D eigenvalue weighted by molar-refractivity contribution is -0.113. The van der Waals surface area contributed by atoms with Gasteiger partial charge in [0.2, 0.25) is 0 Å². The van der Waals surface area contributed by atoms with Crippen LogP contribution in [0.5, 0.6) is 34.5 Å². The topological polar surface area (TPSA) is 294 Å². The van der Waals surface area contributed by atoms with Crippen molar-refractivity contribution in [2.75, 3.05) is 122 Å². The first-order valence-electron chi connectivity index (χ1n) is 48.4. The normalized spacial score (nSPS) is 13.2. The van der Waals surface area contributed by atoms with E-state index in [-0.39, 0.29) is 102 Å². The highest BCUT2D eigenvalue weighted by Gasteiger charge is 2.58. The summed E-state index contributed by atoms with van der Waals surface area (Å²) in [7, 11) is 0. The molecule has 0 bridgehead atoms. The molecule has 728 valence electrons. The van der Waals surface area contributed by atoms with Crippen molar-refractivity contribution in [2.24, 2.45) is 0 Å². The molecule has 25 nitrogen and oxygen atoms in total. The minimum absolute atomic E-state index is 0.0533. The van der Waals surface area contributed by atoms with Gasteiger partial charge in [-0.05, 0) is 211 Å². The van der Waals surface area contributed by atoms with E-state index in [9.17, 15) is 43.5 Å². The molecule has 2 aliphatic carbocycles. The van der Waals surface area contributed by atoms with Crippen LogP contribution in [0.25, 0.3) is 22.3 Å². The molecule has 18 rings (SSSR count). The number of rotatable bonds is 31. The SMILES string of the molecule is C=C(C)C(=O)Nc1ccc(O)cc1C(=O)NCCCN1C(=O)c2ccccc2C12c1ccc(N(CC)CC)cc1Oc1cc(N(CC)CC)ccc12.C=C(C)C(=O)Nc1ccc(OC(=O)OCC2c3ccccc3-c3ccccc32)cc1C(=O)NCCCN1C(=O)c2ccccc2C12c1ccc(N(CC)CC)cc1Oc1cc(N(CC)CC)ccc12.CC#N.O=C(Cl)OCC1c2ccccc2-c2ccccc21. The van der Waals surface area contributed by atoms with E-state index in [2.05, 4.69) is 219 Å². The molecule has 2 spiro atoms. The number of ether oxygens (including phenoxy) is 5. The summed E-state index contributed by atoms with van der Waals surface area (Å²) in [5.41, 5.74) is 18.1. The molecule has 0 saturated carbocycles. The summed E-state index contributed by atoms with van der Waals surface area (Å²) in [5, 5.41) is 28.8. The zero-order valence-electron chi connectivity index (χ0n) is 81.9. The van der Waals surface area contributed by atoms with E-state index in [0.29, 0.717) is 53.5 Å². The Morgan fingerprint density at radius 1 is 0.423 bits per heavy atom. The van der Waals surface area contributed by atoms with Crippen molar-refractivity contribution in [3.63, 3.8) is 0 Å². The highest BCUT2D eigenvalue weighted by Crippen LogP contribution is 2.61. The van der Waals surface area contributed by atoms with Gasteiger partial charge >= 0.3 is 11.6 Å². The number of halogens is 1. The van der Waals surface area contributed by atoms with Gasteiger partial charge in [-0.1, -0.05) is 171 Å². The highest BCUT2D eigenvalue weighted by molar-refractivity contribution is 6.61. The molecule has 0 aromatic heterocycles. The van der Waals surface area contributed by atoms with Gasteiger partial charge in [0, 0.05) is 200 Å². The van der Waals surface area contributed by atoms with Crippen molar-refractivity contribution in [1.82, 2.24) is 20.4 Å². The Bertz CT molecular complexity index is 6680. The van der Waals surface area contributed by atoms with Crippen LogP contribution < -0.4 is 55.1 Å². The zero-order chi connectivity index (χ0) is 101. The van der Waals surface area contributed by atoms with Gasteiger partial charge < -0.3 is 79.5 Å². The maximum absolute atomic E-state index is 14.8. The number of anilines is 6. The molecule has 6 aliphatic rings. The van der Waals surface area contributed by atoms with Crippen molar-refractivity contribution >= 4 is 92.8 Å². The Labute approximate surface area is 834 Å². The number of carbonyl (C=O) groups excluding carboxylic acids is 8. The third-order valence-corrected chi connectivity index (χ3v) is 27.2. The van der Waals surface area contributed by atoms with Crippen LogP contribution >= 0.6 is 11.6 Å². The monoisotopic (exact) mass is 1920 g/mol. The number of hydrogen-bond donors (Lipinski definition) is 5. The van der Waals surface area contributed by atoms with Crippen LogP contribution in [0.4, 0.5) is 43.7 Å². The van der Waals surface area contributed by atoms with E-state index in [1.807, 2.05) is 119 Å². The molecule has 0 unspecified atom stereocenters. The lowest BCUT2D eigenvalue weighted by Crippen LogP contribution is -2.48. The number of phenols is 1. The van der Waals surface area contributed by atoms with Gasteiger partial charge in [0.25, 0.3) is 35.4 Å². The first-order chi connectivity index (χ1) is 68.8. The molecule has 4 heterocycles. The van der Waals surface area contributed by atoms with Crippen molar-refractivity contribution in [3.05, 3.63) is 357 Å². The first-order valence-corrected chi connectivity index (χ1v) is 48.7. The molecule has 0 atom stereocenters. The number of phenolic OH excluding ortho intramolecular Hbond substituents is 1. The Morgan fingerprint density at radius 2 is 0.732 bits per heavy atom. The Balaban J connectivity index is 0.000000182. The average molecular weight is 1930 g/mol. The van der Waals surface area contributed by atoms with Crippen molar-refractivity contribution in [2.45, 2.75) is 112 Å². The summed E-state index contributed by atoms with van der Waals surface area (Å²) >= 11 is 5.25. The maximum Gasteiger partial charge on any atom is 0.513 e. The summed E-state index contributed by atoms with van der Waals surface area (Å²) < 4.78 is 29.9. The molecule has 0 radical (unpaired) electrons. The largest absolute Gasteiger partial charge is 0.513 e. The predicted octanol–water partition coefficient (Wildman–Crippen LogP) is 22.9. The first kappa shape index (κ1) is 101. The van der Waals surface area contributed by atoms with Gasteiger partial charge in [0.05, 0.1) is 28.6 Å². The summed E-state index contributed by atoms with van der Waals surface area (Å²) in [6.45, 7) is 37.0. The lowest BCUT2D eigenvalue weighted by atomic mass is 9.74. The fourth-order valence-corrected chi connectivity index (χ4v) is 20.4. The number of aromatic hydroxyl groups is 1. The second kappa shape index (κ2) is 44.5. The van der Waals surface area contributed by atoms with Gasteiger partial charge in [-0.15, -0.1) is 0 Å². The van der Waals surface area contributed by atoms with E-state index >= 15 is 0 Å². The van der Waals surface area contributed by atoms with Crippen molar-refractivity contribution < 1.29 is 67.1 Å². The molecule has 0 saturated heterocycles. The van der Waals surface area contributed by atoms with Gasteiger partial charge in [-0.3, -0.25) is 28.8 Å². The number of carbonyl (C=O) groups is 8. The van der Waals surface area contributed by atoms with Crippen LogP contribution in [0, 0.1) is 11.3 Å². The second-order valence-corrected chi connectivity index (χ2v) is 35.4. The van der Waals surface area contributed by atoms with Gasteiger partial charge in [0.15, 0.2) is 0 Å². The molecular formula is C116H118ClN11O14. The smallest absolute Gasteiger partial charge is 0.508 e. The Morgan fingerprint density at radius 3 is 1.06 bits per heavy atom. The molecule has 4 aliphatic heterocycles. The maximum atomic E-state index is 14.8. The minimum atomic E-state index is -1.03. The number of nitrogens with one attached hydrogen (secondary N) is 4. The summed E-state index contributed by atoms with van der Waals surface area (Å²) in [6.07, 6.45) is -0.131.